The van der Waals surface area contributed by atoms with Crippen LogP contribution in [0, 0.1) is 23.0 Å². The van der Waals surface area contributed by atoms with Gasteiger partial charge in [0.15, 0.2) is 5.82 Å². The first kappa shape index (κ1) is 31.9. The zero-order valence-corrected chi connectivity index (χ0v) is 24.7. The van der Waals surface area contributed by atoms with E-state index in [9.17, 15) is 33.5 Å². The molecule has 238 valence electrons. The van der Waals surface area contributed by atoms with Crippen molar-refractivity contribution in [2.24, 2.45) is 0 Å². The lowest BCUT2D eigenvalue weighted by molar-refractivity contribution is -0.150. The molecule has 3 aliphatic heterocycles. The number of esters is 1. The molecule has 2 N–H and O–H groups in total. The van der Waals surface area contributed by atoms with E-state index in [0.717, 1.165) is 33.5 Å². The quantitative estimate of drug-likeness (QED) is 0.292. The maximum atomic E-state index is 15.8. The monoisotopic (exact) mass is 648 g/mol. The van der Waals surface area contributed by atoms with Crippen molar-refractivity contribution in [1.82, 2.24) is 19.7 Å². The Hall–Kier alpha value is -4.56. The summed E-state index contributed by atoms with van der Waals surface area (Å²) in [6.45, 7) is -0.381. The number of anilines is 1. The van der Waals surface area contributed by atoms with Gasteiger partial charge in [-0.3, -0.25) is 19.3 Å². The fourth-order valence-electron chi connectivity index (χ4n) is 5.53. The van der Waals surface area contributed by atoms with Gasteiger partial charge in [0.2, 0.25) is 11.3 Å². The van der Waals surface area contributed by atoms with Crippen molar-refractivity contribution in [3.63, 3.8) is 0 Å². The number of carboxylic acid groups (broad SMARTS) is 1. The molecule has 2 amide bonds. The smallest absolute Gasteiger partial charge is 0.352 e. The van der Waals surface area contributed by atoms with E-state index >= 15 is 8.78 Å². The molecule has 0 spiro atoms. The van der Waals surface area contributed by atoms with Crippen LogP contribution in [-0.2, 0) is 25.7 Å². The fraction of sp³-hybridized carbons (Fsp3) is 0.429. The summed E-state index contributed by atoms with van der Waals surface area (Å²) in [7, 11) is 1.87. The normalized spacial score (nSPS) is 20.0. The average Bonchev–Trinajstić information content (AvgIpc) is 3.00. The summed E-state index contributed by atoms with van der Waals surface area (Å²) in [5.41, 5.74) is -2.88. The number of likely N-dealkylation sites (N-methyl/N-ethyl adjacent to an activating group) is 1. The average molecular weight is 649 g/mol. The number of β-lactam (4-membered cyclic amide) rings is 1. The largest absolute Gasteiger partial charge is 0.477 e. The van der Waals surface area contributed by atoms with Gasteiger partial charge in [0, 0.05) is 43.7 Å². The van der Waals surface area contributed by atoms with Crippen molar-refractivity contribution in [3.8, 4) is 6.07 Å². The molecule has 0 aliphatic carbocycles. The first-order valence-electron chi connectivity index (χ1n) is 13.8. The van der Waals surface area contributed by atoms with Crippen LogP contribution < -0.4 is 15.6 Å². The minimum atomic E-state index is -1.50. The molecule has 2 saturated heterocycles. The van der Waals surface area contributed by atoms with Crippen molar-refractivity contribution in [1.29, 1.82) is 5.26 Å². The van der Waals surface area contributed by atoms with Gasteiger partial charge >= 0.3 is 11.9 Å². The van der Waals surface area contributed by atoms with Crippen LogP contribution in [0.2, 0.25) is 0 Å². The molecule has 0 bridgehead atoms. The third-order valence-corrected chi connectivity index (χ3v) is 9.12. The Morgan fingerprint density at radius 2 is 1.91 bits per heavy atom. The summed E-state index contributed by atoms with van der Waals surface area (Å²) in [5, 5.41) is 19.6. The predicted octanol–water partition coefficient (Wildman–Crippen LogP) is 0.810. The van der Waals surface area contributed by atoms with Crippen LogP contribution in [0.15, 0.2) is 28.3 Å². The molecule has 1 aromatic heterocycles. The number of nitrogens with zero attached hydrogens (tertiary/aromatic N) is 5. The highest BCUT2D eigenvalue weighted by atomic mass is 32.2. The molecule has 3 aliphatic rings. The van der Waals surface area contributed by atoms with E-state index in [2.05, 4.69) is 5.32 Å². The molecule has 45 heavy (non-hydrogen) atoms. The number of carbonyl (C=O) groups excluding carboxylic acids is 3. The standard InChI is InChI=1S/C28H27F3N6O7S/c1-34-6-8-35(9-7-34)23-17(30)10-15-22(19(23)31)36(5-3-29)11-16(24(15)39)28(43)44-12-14-13-45-26-20(33-18(38)2-4-32)25(40)37(26)21(14)27(41)42/h10-11,20,26H,2-3,5-9,12-13H2,1H3,(H,33,38)(H,41,42)/t20-,26-/m1/s1. The third-order valence-electron chi connectivity index (χ3n) is 7.78. The number of fused-ring (bicyclic) bond motifs is 2. The van der Waals surface area contributed by atoms with Crippen molar-refractivity contribution in [2.75, 3.05) is 57.2 Å². The molecule has 4 heterocycles. The van der Waals surface area contributed by atoms with Crippen LogP contribution in [0.25, 0.3) is 10.9 Å². The van der Waals surface area contributed by atoms with Gasteiger partial charge in [0.05, 0.1) is 23.5 Å². The van der Waals surface area contributed by atoms with E-state index in [0.29, 0.717) is 26.2 Å². The molecule has 17 heteroatoms. The predicted molar refractivity (Wildman–Crippen MR) is 154 cm³/mol. The van der Waals surface area contributed by atoms with Gasteiger partial charge in [-0.05, 0) is 13.1 Å². The number of nitriles is 1. The van der Waals surface area contributed by atoms with Crippen LogP contribution in [0.1, 0.15) is 16.8 Å². The Balaban J connectivity index is 1.42. The van der Waals surface area contributed by atoms with E-state index < -0.39 is 95.1 Å². The second-order valence-corrected chi connectivity index (χ2v) is 11.7. The van der Waals surface area contributed by atoms with Crippen molar-refractivity contribution >= 4 is 52.1 Å². The first-order valence-corrected chi connectivity index (χ1v) is 14.8. The van der Waals surface area contributed by atoms with E-state index in [1.807, 2.05) is 11.9 Å². The summed E-state index contributed by atoms with van der Waals surface area (Å²) in [6, 6.07) is 1.42. The molecule has 2 atom stereocenters. The van der Waals surface area contributed by atoms with Gasteiger partial charge in [-0.15, -0.1) is 11.8 Å². The molecule has 2 aromatic rings. The summed E-state index contributed by atoms with van der Waals surface area (Å²) in [4.78, 5) is 67.4. The van der Waals surface area contributed by atoms with Crippen LogP contribution in [-0.4, -0.2) is 107 Å². The van der Waals surface area contributed by atoms with Crippen molar-refractivity contribution in [2.45, 2.75) is 24.4 Å². The Morgan fingerprint density at radius 1 is 1.20 bits per heavy atom. The highest BCUT2D eigenvalue weighted by Gasteiger charge is 2.54. The zero-order valence-electron chi connectivity index (χ0n) is 23.8. The maximum Gasteiger partial charge on any atom is 0.352 e. The maximum absolute atomic E-state index is 15.8. The molecular formula is C28H27F3N6O7S. The number of aromatic nitrogens is 1. The number of hydrogen-bond acceptors (Lipinski definition) is 10. The number of rotatable bonds is 9. The van der Waals surface area contributed by atoms with E-state index in [1.54, 1.807) is 6.07 Å². The molecule has 0 radical (unpaired) electrons. The number of nitrogens with one attached hydrogen (secondary N) is 1. The number of piperazine rings is 1. The number of pyridine rings is 1. The Bertz CT molecular complexity index is 1730. The van der Waals surface area contributed by atoms with E-state index in [4.69, 9.17) is 10.00 Å². The first-order chi connectivity index (χ1) is 21.5. The number of aliphatic carboxylic acids is 1. The zero-order chi connectivity index (χ0) is 32.6. The van der Waals surface area contributed by atoms with Gasteiger partial charge in [0.1, 0.15) is 53.9 Å². The lowest BCUT2D eigenvalue weighted by atomic mass is 10.0. The molecule has 13 nitrogen and oxygen atoms in total. The number of amides is 2. The number of ether oxygens (including phenoxy) is 1. The van der Waals surface area contributed by atoms with Crippen LogP contribution in [0.5, 0.6) is 0 Å². The summed E-state index contributed by atoms with van der Waals surface area (Å²) in [6.07, 6.45) is 0.440. The number of thioether (sulfide) groups is 1. The molecule has 0 unspecified atom stereocenters. The minimum absolute atomic E-state index is 0.0195. The number of aryl methyl sites for hydroxylation is 1. The summed E-state index contributed by atoms with van der Waals surface area (Å²) < 4.78 is 50.9. The van der Waals surface area contributed by atoms with Gasteiger partial charge < -0.3 is 29.5 Å². The molecule has 2 fully saturated rings. The SMILES string of the molecule is CN1CCN(c2c(F)cc3c(=O)c(C(=O)OCC4=C(C(=O)O)N5C(=O)[C@@H](NC(=O)CC#N)[C@H]5SC4)cn(CCF)c3c2F)CC1. The van der Waals surface area contributed by atoms with E-state index in [1.165, 1.54) is 4.90 Å². The molecule has 1 aromatic carbocycles. The highest BCUT2D eigenvalue weighted by Crippen LogP contribution is 2.40. The lowest BCUT2D eigenvalue weighted by Gasteiger charge is -2.49. The van der Waals surface area contributed by atoms with E-state index in [-0.39, 0.29) is 22.5 Å². The molecule has 0 saturated carbocycles. The lowest BCUT2D eigenvalue weighted by Crippen LogP contribution is -2.70. The number of carbonyl (C=O) groups is 4. The van der Waals surface area contributed by atoms with Crippen LogP contribution in [0.4, 0.5) is 18.9 Å². The summed E-state index contributed by atoms with van der Waals surface area (Å²) in [5.74, 6) is -6.29. The number of halogens is 3. The van der Waals surface area contributed by atoms with Crippen LogP contribution in [0.3, 0.4) is 0 Å². The van der Waals surface area contributed by atoms with Gasteiger partial charge in [-0.25, -0.2) is 22.8 Å². The topological polar surface area (TPSA) is 165 Å². The second-order valence-electron chi connectivity index (χ2n) is 10.6. The number of benzene rings is 1. The van der Waals surface area contributed by atoms with Crippen molar-refractivity contribution < 1.29 is 42.2 Å². The molecule has 5 rings (SSSR count). The highest BCUT2D eigenvalue weighted by molar-refractivity contribution is 8.00. The second kappa shape index (κ2) is 12.8. The van der Waals surface area contributed by atoms with Crippen LogP contribution >= 0.6 is 11.8 Å². The van der Waals surface area contributed by atoms with Gasteiger partial charge in [0.25, 0.3) is 5.91 Å². The molecular weight excluding hydrogens is 621 g/mol. The third kappa shape index (κ3) is 5.82. The van der Waals surface area contributed by atoms with Gasteiger partial charge in [-0.1, -0.05) is 0 Å². The fourth-order valence-corrected chi connectivity index (χ4v) is 6.86. The Morgan fingerprint density at radius 3 is 2.56 bits per heavy atom. The number of carboxylic acids is 1. The number of alkyl halides is 1. The number of hydrogen-bond donors (Lipinski definition) is 2. The Labute approximate surface area is 257 Å². The van der Waals surface area contributed by atoms with Gasteiger partial charge in [-0.2, -0.15) is 5.26 Å². The van der Waals surface area contributed by atoms with Crippen molar-refractivity contribution in [3.05, 3.63) is 51.0 Å². The minimum Gasteiger partial charge on any atom is -0.477 e. The summed E-state index contributed by atoms with van der Waals surface area (Å²) >= 11 is 1.09. The Kier molecular flexibility index (Phi) is 9.07.